The van der Waals surface area contributed by atoms with Crippen molar-refractivity contribution in [3.05, 3.63) is 29.3 Å². The van der Waals surface area contributed by atoms with E-state index in [1.165, 1.54) is 22.7 Å². The van der Waals surface area contributed by atoms with Crippen LogP contribution in [0.5, 0.6) is 0 Å². The summed E-state index contributed by atoms with van der Waals surface area (Å²) in [6, 6.07) is 8.44. The van der Waals surface area contributed by atoms with Crippen molar-refractivity contribution in [2.75, 3.05) is 35.7 Å². The summed E-state index contributed by atoms with van der Waals surface area (Å²) in [6.45, 7) is 2.79. The maximum Gasteiger partial charge on any atom is 0.203 e. The molecule has 0 spiro atoms. The van der Waals surface area contributed by atoms with Gasteiger partial charge in [0.1, 0.15) is 5.01 Å². The van der Waals surface area contributed by atoms with Crippen LogP contribution in [-0.4, -0.2) is 30.3 Å². The van der Waals surface area contributed by atoms with Gasteiger partial charge >= 0.3 is 0 Å². The van der Waals surface area contributed by atoms with Crippen molar-refractivity contribution in [3.8, 4) is 0 Å². The highest BCUT2D eigenvalue weighted by molar-refractivity contribution is 7.15. The number of aromatic nitrogens is 2. The van der Waals surface area contributed by atoms with E-state index in [-0.39, 0.29) is 0 Å². The second-order valence-corrected chi connectivity index (χ2v) is 5.46. The molecule has 1 aromatic carbocycles. The van der Waals surface area contributed by atoms with Crippen molar-refractivity contribution < 1.29 is 0 Å². The van der Waals surface area contributed by atoms with E-state index < -0.39 is 0 Å². The molecule has 0 saturated carbocycles. The van der Waals surface area contributed by atoms with Crippen LogP contribution in [0.15, 0.2) is 24.3 Å². The van der Waals surface area contributed by atoms with Crippen LogP contribution < -0.4 is 15.5 Å². The molecule has 0 amide bonds. The largest absolute Gasteiger partial charge is 0.374 e. The van der Waals surface area contributed by atoms with Crippen LogP contribution in [0, 0.1) is 0 Å². The van der Waals surface area contributed by atoms with Crippen LogP contribution in [0.4, 0.5) is 16.5 Å². The van der Waals surface area contributed by atoms with Gasteiger partial charge in [-0.25, -0.2) is 0 Å². The summed E-state index contributed by atoms with van der Waals surface area (Å²) in [5, 5.41) is 9.45. The summed E-state index contributed by atoms with van der Waals surface area (Å²) in [7, 11) is 2.12. The average Bonchev–Trinajstić information content (AvgIpc) is 2.79. The lowest BCUT2D eigenvalue weighted by atomic mass is 10.2. The number of anilines is 3. The minimum Gasteiger partial charge on any atom is -0.374 e. The maximum absolute atomic E-state index is 5.62. The highest BCUT2D eigenvalue weighted by Gasteiger charge is 2.20. The van der Waals surface area contributed by atoms with Crippen molar-refractivity contribution in [2.45, 2.75) is 6.54 Å². The summed E-state index contributed by atoms with van der Waals surface area (Å²) in [5.74, 6) is 0. The van der Waals surface area contributed by atoms with Crippen LogP contribution in [0.1, 0.15) is 5.01 Å². The molecule has 0 fully saturated rings. The molecule has 0 bridgehead atoms. The Bertz CT molecular complexity index is 553. The van der Waals surface area contributed by atoms with Gasteiger partial charge in [0, 0.05) is 20.1 Å². The summed E-state index contributed by atoms with van der Waals surface area (Å²) >= 11 is 1.46. The molecule has 6 heteroatoms. The van der Waals surface area contributed by atoms with Crippen LogP contribution in [-0.2, 0) is 6.54 Å². The van der Waals surface area contributed by atoms with Crippen molar-refractivity contribution in [3.63, 3.8) is 0 Å². The fraction of sp³-hybridized carbons (Fsp3) is 0.333. The molecule has 1 aliphatic heterocycles. The zero-order chi connectivity index (χ0) is 12.5. The number of para-hydroxylation sites is 2. The number of benzene rings is 1. The van der Waals surface area contributed by atoms with Gasteiger partial charge in [-0.3, -0.25) is 0 Å². The predicted octanol–water partition coefficient (Wildman–Crippen LogP) is 1.58. The van der Waals surface area contributed by atoms with Gasteiger partial charge in [-0.2, -0.15) is 0 Å². The second kappa shape index (κ2) is 4.45. The van der Waals surface area contributed by atoms with Crippen molar-refractivity contribution in [1.82, 2.24) is 10.2 Å². The average molecular weight is 261 g/mol. The highest BCUT2D eigenvalue weighted by atomic mass is 32.1. The normalized spacial score (nSPS) is 14.7. The molecule has 0 radical (unpaired) electrons. The monoisotopic (exact) mass is 261 g/mol. The summed E-state index contributed by atoms with van der Waals surface area (Å²) < 4.78 is 0. The van der Waals surface area contributed by atoms with E-state index in [1.807, 2.05) is 0 Å². The first-order valence-corrected chi connectivity index (χ1v) is 6.68. The molecule has 2 aromatic rings. The van der Waals surface area contributed by atoms with Crippen molar-refractivity contribution in [1.29, 1.82) is 0 Å². The number of hydrogen-bond acceptors (Lipinski definition) is 6. The van der Waals surface area contributed by atoms with E-state index in [0.29, 0.717) is 5.13 Å². The maximum atomic E-state index is 5.62. The molecule has 3 rings (SSSR count). The number of likely N-dealkylation sites (N-methyl/N-ethyl adjacent to an activating group) is 1. The van der Waals surface area contributed by atoms with Crippen LogP contribution in [0.25, 0.3) is 0 Å². The van der Waals surface area contributed by atoms with Gasteiger partial charge in [-0.1, -0.05) is 23.5 Å². The van der Waals surface area contributed by atoms with Gasteiger partial charge in [0.15, 0.2) is 0 Å². The third kappa shape index (κ3) is 1.99. The van der Waals surface area contributed by atoms with Crippen LogP contribution in [0.3, 0.4) is 0 Å². The second-order valence-electron chi connectivity index (χ2n) is 4.37. The number of rotatable bonds is 2. The number of nitrogen functional groups attached to an aromatic ring is 1. The predicted molar refractivity (Wildman–Crippen MR) is 75.1 cm³/mol. The van der Waals surface area contributed by atoms with Crippen molar-refractivity contribution >= 4 is 27.8 Å². The van der Waals surface area contributed by atoms with E-state index >= 15 is 0 Å². The Morgan fingerprint density at radius 2 is 2.00 bits per heavy atom. The number of nitrogens with zero attached hydrogens (tertiary/aromatic N) is 4. The van der Waals surface area contributed by atoms with Crippen LogP contribution in [0.2, 0.25) is 0 Å². The zero-order valence-electron chi connectivity index (χ0n) is 10.2. The Kier molecular flexibility index (Phi) is 2.79. The van der Waals surface area contributed by atoms with Gasteiger partial charge in [-0.05, 0) is 12.1 Å². The van der Waals surface area contributed by atoms with Gasteiger partial charge < -0.3 is 15.5 Å². The lowest BCUT2D eigenvalue weighted by Gasteiger charge is -2.36. The lowest BCUT2D eigenvalue weighted by Crippen LogP contribution is -2.38. The topological polar surface area (TPSA) is 58.3 Å². The Morgan fingerprint density at radius 3 is 2.72 bits per heavy atom. The Hall–Kier alpha value is -1.82. The van der Waals surface area contributed by atoms with E-state index in [9.17, 15) is 0 Å². The molecule has 2 heterocycles. The standard InChI is InChI=1S/C12H15N5S/c1-16-6-7-17(8-11-14-15-12(13)18-11)10-5-3-2-4-9(10)16/h2-5H,6-8H2,1H3,(H2,13,15). The zero-order valence-corrected chi connectivity index (χ0v) is 11.0. The smallest absolute Gasteiger partial charge is 0.203 e. The highest BCUT2D eigenvalue weighted by Crippen LogP contribution is 2.32. The molecule has 18 heavy (non-hydrogen) atoms. The van der Waals surface area contributed by atoms with E-state index in [4.69, 9.17) is 5.73 Å². The molecule has 94 valence electrons. The SMILES string of the molecule is CN1CCN(Cc2nnc(N)s2)c2ccccc21. The van der Waals surface area contributed by atoms with E-state index in [0.717, 1.165) is 24.6 Å². The molecule has 0 aliphatic carbocycles. The fourth-order valence-corrected chi connectivity index (χ4v) is 2.85. The van der Waals surface area contributed by atoms with Gasteiger partial charge in [-0.15, -0.1) is 10.2 Å². The molecule has 1 aromatic heterocycles. The number of nitrogens with two attached hydrogens (primary N) is 1. The Balaban J connectivity index is 1.88. The molecule has 0 saturated heterocycles. The summed E-state index contributed by atoms with van der Waals surface area (Å²) in [6.07, 6.45) is 0. The molecular weight excluding hydrogens is 246 g/mol. The fourth-order valence-electron chi connectivity index (χ4n) is 2.22. The van der Waals surface area contributed by atoms with Gasteiger partial charge in [0.05, 0.1) is 17.9 Å². The van der Waals surface area contributed by atoms with Crippen LogP contribution >= 0.6 is 11.3 Å². The Morgan fingerprint density at radius 1 is 1.22 bits per heavy atom. The molecule has 5 nitrogen and oxygen atoms in total. The first-order chi connectivity index (χ1) is 8.74. The third-order valence-corrected chi connectivity index (χ3v) is 3.88. The van der Waals surface area contributed by atoms with Gasteiger partial charge in [0.2, 0.25) is 5.13 Å². The quantitative estimate of drug-likeness (QED) is 0.889. The van der Waals surface area contributed by atoms with Crippen molar-refractivity contribution in [2.24, 2.45) is 0 Å². The molecular formula is C12H15N5S. The van der Waals surface area contributed by atoms with E-state index in [2.05, 4.69) is 51.3 Å². The Labute approximate surface area is 110 Å². The summed E-state index contributed by atoms with van der Waals surface area (Å²) in [4.78, 5) is 4.61. The molecule has 1 aliphatic rings. The molecule has 0 atom stereocenters. The number of fused-ring (bicyclic) bond motifs is 1. The number of hydrogen-bond donors (Lipinski definition) is 1. The summed E-state index contributed by atoms with van der Waals surface area (Å²) in [5.41, 5.74) is 8.13. The van der Waals surface area contributed by atoms with E-state index in [1.54, 1.807) is 0 Å². The molecule has 0 unspecified atom stereocenters. The molecule has 2 N–H and O–H groups in total. The minimum atomic E-state index is 0.535. The lowest BCUT2D eigenvalue weighted by molar-refractivity contribution is 0.727. The minimum absolute atomic E-state index is 0.535. The first kappa shape index (κ1) is 11.3. The third-order valence-electron chi connectivity index (χ3n) is 3.15. The first-order valence-electron chi connectivity index (χ1n) is 5.87. The van der Waals surface area contributed by atoms with Gasteiger partial charge in [0.25, 0.3) is 0 Å².